The fourth-order valence-electron chi connectivity index (χ4n) is 6.48. The van der Waals surface area contributed by atoms with E-state index >= 15 is 0 Å². The fourth-order valence-corrected chi connectivity index (χ4v) is 6.48. The number of ether oxygens (including phenoxy) is 1. The Morgan fingerprint density at radius 1 is 0.660 bits per heavy atom. The first-order valence-corrected chi connectivity index (χ1v) is 18.0. The summed E-state index contributed by atoms with van der Waals surface area (Å²) in [7, 11) is 1.26. The number of hydrogen-bond acceptors (Lipinski definition) is 6. The molecule has 272 valence electrons. The second kappa shape index (κ2) is 17.3. The van der Waals surface area contributed by atoms with Gasteiger partial charge in [0.1, 0.15) is 18.2 Å². The number of rotatable bonds is 15. The van der Waals surface area contributed by atoms with Crippen LogP contribution in [0.25, 0.3) is 44.4 Å². The number of H-pyrrole nitrogens is 2. The fraction of sp³-hybridized carbons (Fsp3) is 0.262. The highest BCUT2D eigenvalue weighted by Crippen LogP contribution is 2.36. The van der Waals surface area contributed by atoms with E-state index in [0.29, 0.717) is 38.4 Å². The van der Waals surface area contributed by atoms with Gasteiger partial charge in [0.05, 0.1) is 50.4 Å². The van der Waals surface area contributed by atoms with Crippen molar-refractivity contribution < 1.29 is 19.1 Å². The van der Waals surface area contributed by atoms with Crippen molar-refractivity contribution in [2.75, 3.05) is 26.7 Å². The maximum absolute atomic E-state index is 13.1. The highest BCUT2D eigenvalue weighted by atomic mass is 16.5. The predicted octanol–water partition coefficient (Wildman–Crippen LogP) is 7.36. The molecule has 3 amide bonds. The summed E-state index contributed by atoms with van der Waals surface area (Å²) in [6.07, 6.45) is 4.98. The van der Waals surface area contributed by atoms with Crippen molar-refractivity contribution in [3.63, 3.8) is 0 Å². The Morgan fingerprint density at radius 3 is 1.85 bits per heavy atom. The van der Waals surface area contributed by atoms with Gasteiger partial charge in [-0.05, 0) is 45.9 Å². The van der Waals surface area contributed by atoms with E-state index in [1.165, 1.54) is 7.11 Å². The summed E-state index contributed by atoms with van der Waals surface area (Å²) in [6.45, 7) is 5.84. The number of benzene rings is 4. The Morgan fingerprint density at radius 2 is 1.21 bits per heavy atom. The second-order valence-electron chi connectivity index (χ2n) is 12.9. The molecule has 0 aliphatic heterocycles. The van der Waals surface area contributed by atoms with Crippen LogP contribution in [0.1, 0.15) is 43.9 Å². The molecule has 11 nitrogen and oxygen atoms in total. The van der Waals surface area contributed by atoms with E-state index in [1.807, 2.05) is 60.5 Å². The van der Waals surface area contributed by atoms with Crippen LogP contribution in [-0.2, 0) is 33.8 Å². The quantitative estimate of drug-likeness (QED) is 0.102. The minimum Gasteiger partial charge on any atom is -0.453 e. The largest absolute Gasteiger partial charge is 0.453 e. The van der Waals surface area contributed by atoms with E-state index < -0.39 is 6.09 Å². The second-order valence-corrected chi connectivity index (χ2v) is 12.9. The number of alkyl carbamates (subject to hydrolysis) is 1. The van der Waals surface area contributed by atoms with Gasteiger partial charge >= 0.3 is 6.09 Å². The standard InChI is InChI=1S/C42H45N7O4/c1-4-21-48(40(50)23-29-11-7-6-8-12-29)27-38-43-24-36(46-38)31-17-15-30(16-18-31)32-19-20-35(34-14-10-9-13-33(32)34)37-25-44-39(47-37)28-49(22-5-2)41(51)26-45-42(52)53-3/h6-20,24-25H,4-5,21-23,26-28H2,1-3H3,(H,43,46)(H,44,47)(H,45,52). The molecule has 0 spiro atoms. The first-order chi connectivity index (χ1) is 25.9. The number of imidazole rings is 2. The molecule has 0 radical (unpaired) electrons. The summed E-state index contributed by atoms with van der Waals surface area (Å²) < 4.78 is 4.59. The maximum atomic E-state index is 13.1. The summed E-state index contributed by atoms with van der Waals surface area (Å²) in [4.78, 5) is 57.0. The molecule has 0 bridgehead atoms. The van der Waals surface area contributed by atoms with E-state index in [1.54, 1.807) is 11.1 Å². The molecule has 0 aliphatic carbocycles. The van der Waals surface area contributed by atoms with Crippen molar-refractivity contribution in [1.29, 1.82) is 0 Å². The molecule has 53 heavy (non-hydrogen) atoms. The van der Waals surface area contributed by atoms with Gasteiger partial charge in [-0.1, -0.05) is 105 Å². The van der Waals surface area contributed by atoms with Gasteiger partial charge < -0.3 is 29.8 Å². The van der Waals surface area contributed by atoms with E-state index in [4.69, 9.17) is 0 Å². The number of methoxy groups -OCH3 is 1. The van der Waals surface area contributed by atoms with Crippen LogP contribution in [-0.4, -0.2) is 74.4 Å². The number of amides is 3. The van der Waals surface area contributed by atoms with Crippen LogP contribution in [0.4, 0.5) is 4.79 Å². The molecule has 0 saturated heterocycles. The Bertz CT molecular complexity index is 2160. The number of carbonyl (C=O) groups excluding carboxylic acids is 3. The lowest BCUT2D eigenvalue weighted by atomic mass is 9.93. The summed E-state index contributed by atoms with van der Waals surface area (Å²) >= 11 is 0. The minimum atomic E-state index is -0.646. The van der Waals surface area contributed by atoms with Gasteiger partial charge in [-0.3, -0.25) is 9.59 Å². The third-order valence-corrected chi connectivity index (χ3v) is 9.12. The number of nitrogens with zero attached hydrogens (tertiary/aromatic N) is 4. The number of nitrogens with one attached hydrogen (secondary N) is 3. The van der Waals surface area contributed by atoms with E-state index in [9.17, 15) is 14.4 Å². The first-order valence-electron chi connectivity index (χ1n) is 18.0. The lowest BCUT2D eigenvalue weighted by molar-refractivity contribution is -0.131. The van der Waals surface area contributed by atoms with Gasteiger partial charge in [-0.15, -0.1) is 0 Å². The summed E-state index contributed by atoms with van der Waals surface area (Å²) in [6, 6.07) is 30.8. The molecule has 2 aromatic heterocycles. The highest BCUT2D eigenvalue weighted by Gasteiger charge is 2.19. The Balaban J connectivity index is 1.17. The van der Waals surface area contributed by atoms with E-state index in [2.05, 4.69) is 85.4 Å². The average Bonchev–Trinajstić information content (AvgIpc) is 3.86. The van der Waals surface area contributed by atoms with Gasteiger partial charge in [-0.25, -0.2) is 14.8 Å². The van der Waals surface area contributed by atoms with Crippen LogP contribution in [0, 0.1) is 0 Å². The zero-order chi connectivity index (χ0) is 37.2. The Hall–Kier alpha value is -6.23. The van der Waals surface area contributed by atoms with Gasteiger partial charge in [0.25, 0.3) is 0 Å². The number of carbonyl (C=O) groups is 3. The molecule has 11 heteroatoms. The van der Waals surface area contributed by atoms with E-state index in [0.717, 1.165) is 68.6 Å². The predicted molar refractivity (Wildman–Crippen MR) is 207 cm³/mol. The van der Waals surface area contributed by atoms with Crippen LogP contribution >= 0.6 is 0 Å². The third-order valence-electron chi connectivity index (χ3n) is 9.12. The number of aromatic amines is 2. The lowest BCUT2D eigenvalue weighted by Gasteiger charge is -2.21. The van der Waals surface area contributed by atoms with Crippen LogP contribution in [0.2, 0.25) is 0 Å². The minimum absolute atomic E-state index is 0.0866. The van der Waals surface area contributed by atoms with Gasteiger partial charge in [0, 0.05) is 18.7 Å². The van der Waals surface area contributed by atoms with Crippen molar-refractivity contribution >= 4 is 28.7 Å². The number of aromatic nitrogens is 4. The van der Waals surface area contributed by atoms with Crippen molar-refractivity contribution in [2.45, 2.75) is 46.2 Å². The zero-order valence-corrected chi connectivity index (χ0v) is 30.4. The van der Waals surface area contributed by atoms with E-state index in [-0.39, 0.29) is 18.4 Å². The summed E-state index contributed by atoms with van der Waals surface area (Å²) in [5.74, 6) is 1.28. The van der Waals surface area contributed by atoms with Crippen LogP contribution in [0.3, 0.4) is 0 Å². The molecule has 3 N–H and O–H groups in total. The van der Waals surface area contributed by atoms with Crippen molar-refractivity contribution in [3.8, 4) is 33.6 Å². The summed E-state index contributed by atoms with van der Waals surface area (Å²) in [5.41, 5.74) is 6.95. The molecule has 4 aromatic carbocycles. The van der Waals surface area contributed by atoms with Gasteiger partial charge in [0.15, 0.2) is 0 Å². The van der Waals surface area contributed by atoms with Crippen molar-refractivity contribution in [2.24, 2.45) is 0 Å². The van der Waals surface area contributed by atoms with Gasteiger partial charge in [-0.2, -0.15) is 0 Å². The topological polar surface area (TPSA) is 136 Å². The molecule has 6 aromatic rings. The van der Waals surface area contributed by atoms with Crippen molar-refractivity contribution in [3.05, 3.63) is 121 Å². The highest BCUT2D eigenvalue weighted by molar-refractivity contribution is 6.04. The molecule has 0 unspecified atom stereocenters. The summed E-state index contributed by atoms with van der Waals surface area (Å²) in [5, 5.41) is 4.64. The molecule has 2 heterocycles. The molecular formula is C42H45N7O4. The van der Waals surface area contributed by atoms with Gasteiger partial charge in [0.2, 0.25) is 11.8 Å². The SMILES string of the molecule is CCCN(Cc1ncc(-c2ccc(-c3ccc(-c4cnc(CN(CCC)C(=O)CNC(=O)OC)[nH]4)c4ccccc34)cc2)[nH]1)C(=O)Cc1ccccc1. The molecule has 0 atom stereocenters. The van der Waals surface area contributed by atoms with Crippen molar-refractivity contribution in [1.82, 2.24) is 35.1 Å². The molecule has 6 rings (SSSR count). The molecular weight excluding hydrogens is 667 g/mol. The smallest absolute Gasteiger partial charge is 0.407 e. The Labute approximate surface area is 309 Å². The molecule has 0 fully saturated rings. The lowest BCUT2D eigenvalue weighted by Crippen LogP contribution is -2.40. The van der Waals surface area contributed by atoms with Crippen LogP contribution in [0.5, 0.6) is 0 Å². The first kappa shape index (κ1) is 36.6. The Kier molecular flexibility index (Phi) is 11.9. The van der Waals surface area contributed by atoms with Crippen LogP contribution < -0.4 is 5.32 Å². The third kappa shape index (κ3) is 8.99. The number of fused-ring (bicyclic) bond motifs is 1. The maximum Gasteiger partial charge on any atom is 0.407 e. The molecule has 0 aliphatic rings. The number of hydrogen-bond donors (Lipinski definition) is 3. The molecule has 0 saturated carbocycles. The normalized spacial score (nSPS) is 11.0. The zero-order valence-electron chi connectivity index (χ0n) is 30.4. The van der Waals surface area contributed by atoms with Crippen LogP contribution in [0.15, 0.2) is 103 Å². The monoisotopic (exact) mass is 711 g/mol. The average molecular weight is 712 g/mol.